The van der Waals surface area contributed by atoms with Crippen LogP contribution in [0.5, 0.6) is 0 Å². The van der Waals surface area contributed by atoms with E-state index in [9.17, 15) is 5.11 Å². The maximum Gasteiger partial charge on any atom is 0.0744 e. The monoisotopic (exact) mass is 385 g/mol. The Kier molecular flexibility index (Phi) is 5.86. The summed E-state index contributed by atoms with van der Waals surface area (Å²) >= 11 is 13.8. The van der Waals surface area contributed by atoms with Gasteiger partial charge in [0.05, 0.1) is 17.7 Å². The normalized spacial score (nSPS) is 35.7. The molecule has 5 heteroatoms. The standard InChI is InChI=1S/C19H25Cl2NOS/c1-18(8-9-20)7-6-15(10-14-2-4-16(21)5-3-14)19(18,23)11-17-12-22-13-24-17/h2-5,13,15,17,23H,6-12H2,1H3. The van der Waals surface area contributed by atoms with E-state index < -0.39 is 5.60 Å². The highest BCUT2D eigenvalue weighted by molar-refractivity contribution is 8.12. The molecule has 1 heterocycles. The van der Waals surface area contributed by atoms with Gasteiger partial charge in [-0.2, -0.15) is 0 Å². The summed E-state index contributed by atoms with van der Waals surface area (Å²) in [5.41, 5.74) is 2.37. The molecule has 24 heavy (non-hydrogen) atoms. The fourth-order valence-electron chi connectivity index (χ4n) is 4.37. The van der Waals surface area contributed by atoms with Gasteiger partial charge in [0, 0.05) is 16.2 Å². The van der Waals surface area contributed by atoms with E-state index in [2.05, 4.69) is 24.0 Å². The lowest BCUT2D eigenvalue weighted by atomic mass is 9.67. The minimum Gasteiger partial charge on any atom is -0.389 e. The summed E-state index contributed by atoms with van der Waals surface area (Å²) < 4.78 is 0. The molecule has 1 aromatic rings. The van der Waals surface area contributed by atoms with Crippen LogP contribution < -0.4 is 0 Å². The minimum absolute atomic E-state index is 0.116. The molecular formula is C19H25Cl2NOS. The first-order chi connectivity index (χ1) is 11.5. The number of aliphatic imine (C=N–C) groups is 1. The van der Waals surface area contributed by atoms with Crippen LogP contribution in [-0.2, 0) is 6.42 Å². The highest BCUT2D eigenvalue weighted by Gasteiger charge is 2.56. The number of benzene rings is 1. The average Bonchev–Trinajstić information content (AvgIpc) is 3.13. The van der Waals surface area contributed by atoms with Crippen LogP contribution in [0.4, 0.5) is 0 Å². The second-order valence-electron chi connectivity index (χ2n) is 7.42. The molecule has 4 atom stereocenters. The molecule has 0 aromatic heterocycles. The number of halogens is 2. The highest BCUT2D eigenvalue weighted by Crippen LogP contribution is 2.56. The van der Waals surface area contributed by atoms with Crippen molar-refractivity contribution >= 4 is 40.5 Å². The van der Waals surface area contributed by atoms with Crippen molar-refractivity contribution in [2.75, 3.05) is 12.4 Å². The predicted molar refractivity (Wildman–Crippen MR) is 106 cm³/mol. The number of nitrogens with zero attached hydrogens (tertiary/aromatic N) is 1. The highest BCUT2D eigenvalue weighted by atomic mass is 35.5. The van der Waals surface area contributed by atoms with Crippen molar-refractivity contribution in [3.63, 3.8) is 0 Å². The number of alkyl halides is 1. The quantitative estimate of drug-likeness (QED) is 0.683. The molecule has 1 aliphatic carbocycles. The Hall–Kier alpha value is -0.220. The van der Waals surface area contributed by atoms with Gasteiger partial charge in [0.15, 0.2) is 0 Å². The fourth-order valence-corrected chi connectivity index (χ4v) is 5.78. The topological polar surface area (TPSA) is 32.6 Å². The van der Waals surface area contributed by atoms with E-state index in [4.69, 9.17) is 23.2 Å². The molecule has 2 aliphatic rings. The van der Waals surface area contributed by atoms with E-state index in [1.807, 2.05) is 17.7 Å². The molecule has 1 N–H and O–H groups in total. The fraction of sp³-hybridized carbons (Fsp3) is 0.632. The van der Waals surface area contributed by atoms with Gasteiger partial charge in [-0.15, -0.1) is 23.4 Å². The zero-order valence-electron chi connectivity index (χ0n) is 14.0. The molecular weight excluding hydrogens is 361 g/mol. The Morgan fingerprint density at radius 1 is 1.33 bits per heavy atom. The van der Waals surface area contributed by atoms with E-state index in [0.29, 0.717) is 11.1 Å². The van der Waals surface area contributed by atoms with Crippen LogP contribution in [-0.4, -0.2) is 33.9 Å². The van der Waals surface area contributed by atoms with Crippen molar-refractivity contribution in [2.45, 2.75) is 49.9 Å². The number of hydrogen-bond acceptors (Lipinski definition) is 3. The van der Waals surface area contributed by atoms with Crippen molar-refractivity contribution in [2.24, 2.45) is 16.3 Å². The summed E-state index contributed by atoms with van der Waals surface area (Å²) in [6, 6.07) is 8.02. The van der Waals surface area contributed by atoms with Crippen LogP contribution in [0.1, 0.15) is 38.2 Å². The second-order valence-corrected chi connectivity index (χ2v) is 9.39. The zero-order chi connectivity index (χ0) is 17.2. The van der Waals surface area contributed by atoms with Gasteiger partial charge < -0.3 is 5.11 Å². The van der Waals surface area contributed by atoms with Gasteiger partial charge in [-0.05, 0) is 61.1 Å². The summed E-state index contributed by atoms with van der Waals surface area (Å²) in [7, 11) is 0. The van der Waals surface area contributed by atoms with E-state index >= 15 is 0 Å². The van der Waals surface area contributed by atoms with Crippen LogP contribution >= 0.6 is 35.0 Å². The lowest BCUT2D eigenvalue weighted by Crippen LogP contribution is -2.49. The van der Waals surface area contributed by atoms with Crippen LogP contribution in [0, 0.1) is 11.3 Å². The molecule has 0 bridgehead atoms. The third-order valence-corrected chi connectivity index (χ3v) is 7.39. The molecule has 1 aromatic carbocycles. The first-order valence-corrected chi connectivity index (χ1v) is 10.5. The van der Waals surface area contributed by atoms with Crippen molar-refractivity contribution in [3.8, 4) is 0 Å². The average molecular weight is 386 g/mol. The second kappa shape index (κ2) is 7.57. The molecule has 1 fully saturated rings. The van der Waals surface area contributed by atoms with Gasteiger partial charge in [0.25, 0.3) is 0 Å². The third-order valence-electron chi connectivity index (χ3n) is 5.98. The number of rotatable bonds is 6. The Morgan fingerprint density at radius 2 is 2.08 bits per heavy atom. The lowest BCUT2D eigenvalue weighted by molar-refractivity contribution is -0.0909. The molecule has 0 saturated heterocycles. The summed E-state index contributed by atoms with van der Waals surface area (Å²) in [6.07, 6.45) is 4.63. The van der Waals surface area contributed by atoms with Gasteiger partial charge >= 0.3 is 0 Å². The van der Waals surface area contributed by atoms with Crippen molar-refractivity contribution in [1.29, 1.82) is 0 Å². The molecule has 0 spiro atoms. The van der Waals surface area contributed by atoms with Gasteiger partial charge in [-0.1, -0.05) is 30.7 Å². The van der Waals surface area contributed by atoms with E-state index in [1.54, 1.807) is 11.8 Å². The first kappa shape index (κ1) is 18.6. The molecule has 2 nitrogen and oxygen atoms in total. The Bertz CT molecular complexity index is 586. The largest absolute Gasteiger partial charge is 0.389 e. The van der Waals surface area contributed by atoms with Crippen molar-refractivity contribution in [3.05, 3.63) is 34.9 Å². The maximum absolute atomic E-state index is 11.8. The molecule has 0 radical (unpaired) electrons. The summed E-state index contributed by atoms with van der Waals surface area (Å²) in [5, 5.41) is 13.0. The lowest BCUT2D eigenvalue weighted by Gasteiger charge is -2.44. The van der Waals surface area contributed by atoms with Crippen LogP contribution in [0.25, 0.3) is 0 Å². The number of hydrogen-bond donors (Lipinski definition) is 1. The minimum atomic E-state index is -0.688. The smallest absolute Gasteiger partial charge is 0.0744 e. The summed E-state index contributed by atoms with van der Waals surface area (Å²) in [5.74, 6) is 0.855. The SMILES string of the molecule is CC1(CCCl)CCC(Cc2ccc(Cl)cc2)C1(O)CC1CN=CS1. The molecule has 1 aliphatic heterocycles. The van der Waals surface area contributed by atoms with Crippen LogP contribution in [0.15, 0.2) is 29.3 Å². The van der Waals surface area contributed by atoms with E-state index in [-0.39, 0.29) is 11.3 Å². The molecule has 0 amide bonds. The summed E-state index contributed by atoms with van der Waals surface area (Å²) in [6.45, 7) is 3.04. The van der Waals surface area contributed by atoms with Crippen molar-refractivity contribution < 1.29 is 5.11 Å². The molecule has 4 unspecified atom stereocenters. The van der Waals surface area contributed by atoms with E-state index in [0.717, 1.165) is 43.7 Å². The van der Waals surface area contributed by atoms with Gasteiger partial charge in [-0.3, -0.25) is 4.99 Å². The zero-order valence-corrected chi connectivity index (χ0v) is 16.4. The molecule has 132 valence electrons. The van der Waals surface area contributed by atoms with Gasteiger partial charge in [0.2, 0.25) is 0 Å². The molecule has 3 rings (SSSR count). The third kappa shape index (κ3) is 3.65. The maximum atomic E-state index is 11.8. The van der Waals surface area contributed by atoms with Crippen LogP contribution in [0.3, 0.4) is 0 Å². The number of thioether (sulfide) groups is 1. The summed E-state index contributed by atoms with van der Waals surface area (Å²) in [4.78, 5) is 4.34. The van der Waals surface area contributed by atoms with E-state index in [1.165, 1.54) is 5.56 Å². The Balaban J connectivity index is 1.81. The molecule has 1 saturated carbocycles. The number of aliphatic hydroxyl groups is 1. The predicted octanol–water partition coefficient (Wildman–Crippen LogP) is 5.19. The Labute approximate surface area is 159 Å². The van der Waals surface area contributed by atoms with Crippen molar-refractivity contribution in [1.82, 2.24) is 0 Å². The Morgan fingerprint density at radius 3 is 2.71 bits per heavy atom. The van der Waals surface area contributed by atoms with Gasteiger partial charge in [-0.25, -0.2) is 0 Å². The van der Waals surface area contributed by atoms with Gasteiger partial charge in [0.1, 0.15) is 0 Å². The first-order valence-electron chi connectivity index (χ1n) is 8.63. The van der Waals surface area contributed by atoms with Crippen LogP contribution in [0.2, 0.25) is 5.02 Å².